The second-order valence-corrected chi connectivity index (χ2v) is 9.27. The average molecular weight is 486 g/mol. The van der Waals surface area contributed by atoms with Crippen LogP contribution in [-0.2, 0) is 10.0 Å². The van der Waals surface area contributed by atoms with Gasteiger partial charge in [-0.15, -0.1) is 13.2 Å². The summed E-state index contributed by atoms with van der Waals surface area (Å²) < 4.78 is 67.8. The highest BCUT2D eigenvalue weighted by Crippen LogP contribution is 2.34. The lowest BCUT2D eigenvalue weighted by Crippen LogP contribution is -2.48. The van der Waals surface area contributed by atoms with Crippen LogP contribution < -0.4 is 15.0 Å². The van der Waals surface area contributed by atoms with Crippen molar-refractivity contribution in [2.24, 2.45) is 0 Å². The highest BCUT2D eigenvalue weighted by Gasteiger charge is 2.38. The first kappa shape index (κ1) is 23.0. The largest absolute Gasteiger partial charge is 0.573 e. The number of piperazine rings is 1. The number of carbonyl (C=O) groups excluding carboxylic acids is 1. The van der Waals surface area contributed by atoms with E-state index in [1.165, 1.54) is 0 Å². The molecule has 1 aromatic heterocycles. The van der Waals surface area contributed by atoms with Gasteiger partial charge in [0.05, 0.1) is 5.69 Å². The van der Waals surface area contributed by atoms with Crippen LogP contribution in [0.5, 0.6) is 5.75 Å². The Morgan fingerprint density at radius 1 is 1.06 bits per heavy atom. The predicted molar refractivity (Wildman–Crippen MR) is 111 cm³/mol. The first-order chi connectivity index (χ1) is 15.6. The third kappa shape index (κ3) is 5.27. The molecule has 14 heteroatoms. The van der Waals surface area contributed by atoms with Gasteiger partial charge in [-0.25, -0.2) is 27.5 Å². The smallest absolute Gasteiger partial charge is 0.406 e. The van der Waals surface area contributed by atoms with Crippen molar-refractivity contribution in [3.63, 3.8) is 0 Å². The summed E-state index contributed by atoms with van der Waals surface area (Å²) in [6, 6.07) is 3.66. The van der Waals surface area contributed by atoms with Crippen molar-refractivity contribution in [2.45, 2.75) is 17.7 Å². The first-order valence-corrected chi connectivity index (χ1v) is 11.6. The molecule has 1 fully saturated rings. The maximum Gasteiger partial charge on any atom is 0.573 e. The van der Waals surface area contributed by atoms with Gasteiger partial charge in [0.25, 0.3) is 10.0 Å². The minimum atomic E-state index is -4.97. The average Bonchev–Trinajstić information content (AvgIpc) is 2.76. The molecule has 0 spiro atoms. The van der Waals surface area contributed by atoms with E-state index in [1.54, 1.807) is 18.5 Å². The Bertz CT molecular complexity index is 1110. The fourth-order valence-electron chi connectivity index (χ4n) is 3.71. The molecular formula is C19H21F3N6O4S. The maximum absolute atomic E-state index is 12.9. The summed E-state index contributed by atoms with van der Waals surface area (Å²) >= 11 is 0. The third-order valence-electron chi connectivity index (χ3n) is 5.27. The summed E-state index contributed by atoms with van der Waals surface area (Å²) in [5.74, 6) is -0.0260. The molecule has 2 aliphatic heterocycles. The Labute approximate surface area is 188 Å². The Kier molecular flexibility index (Phi) is 6.30. The van der Waals surface area contributed by atoms with Crippen LogP contribution in [0.25, 0.3) is 0 Å². The van der Waals surface area contributed by atoms with E-state index in [4.69, 9.17) is 0 Å². The number of nitrogens with zero attached hydrogens (tertiary/aromatic N) is 5. The molecule has 178 valence electrons. The van der Waals surface area contributed by atoms with E-state index < -0.39 is 33.1 Å². The molecule has 0 unspecified atom stereocenters. The van der Waals surface area contributed by atoms with Crippen molar-refractivity contribution in [2.75, 3.05) is 49.5 Å². The zero-order valence-corrected chi connectivity index (χ0v) is 18.1. The van der Waals surface area contributed by atoms with Crippen LogP contribution >= 0.6 is 0 Å². The maximum atomic E-state index is 12.9. The predicted octanol–water partition coefficient (Wildman–Crippen LogP) is 2.12. The van der Waals surface area contributed by atoms with E-state index in [1.807, 2.05) is 0 Å². The van der Waals surface area contributed by atoms with Crippen LogP contribution in [0.2, 0.25) is 0 Å². The number of urea groups is 1. The highest BCUT2D eigenvalue weighted by molar-refractivity contribution is 7.90. The van der Waals surface area contributed by atoms with Crippen molar-refractivity contribution in [1.82, 2.24) is 19.2 Å². The van der Waals surface area contributed by atoms with Gasteiger partial charge in [-0.1, -0.05) is 0 Å². The van der Waals surface area contributed by atoms with Crippen LogP contribution in [-0.4, -0.2) is 79.3 Å². The number of ether oxygens (including phenoxy) is 1. The number of aromatic nitrogens is 2. The van der Waals surface area contributed by atoms with Crippen LogP contribution in [0.15, 0.2) is 41.6 Å². The SMILES string of the molecule is O=C1Nc2ccc(OC(F)(F)F)cc2S(=O)(=O)N1CCCN1CCN(c2ncccn2)CC1. The monoisotopic (exact) mass is 486 g/mol. The summed E-state index contributed by atoms with van der Waals surface area (Å²) in [6.45, 7) is 3.30. The van der Waals surface area contributed by atoms with Gasteiger partial charge in [-0.05, 0) is 24.6 Å². The van der Waals surface area contributed by atoms with Crippen molar-refractivity contribution in [3.8, 4) is 5.75 Å². The van der Waals surface area contributed by atoms with Gasteiger partial charge in [0, 0.05) is 57.7 Å². The fourth-order valence-corrected chi connectivity index (χ4v) is 5.24. The standard InChI is InChI=1S/C19H21F3N6O4S/c20-19(21,22)32-14-3-4-15-16(13-14)33(30,31)28(18(29)25-15)8-2-7-26-9-11-27(12-10-26)17-23-5-1-6-24-17/h1,3-6,13H,2,7-12H2,(H,25,29). The number of benzene rings is 1. The highest BCUT2D eigenvalue weighted by atomic mass is 32.2. The summed E-state index contributed by atoms with van der Waals surface area (Å²) in [4.78, 5) is 24.6. The Morgan fingerprint density at radius 2 is 1.76 bits per heavy atom. The third-order valence-corrected chi connectivity index (χ3v) is 7.09. The number of anilines is 2. The van der Waals surface area contributed by atoms with E-state index in [-0.39, 0.29) is 12.2 Å². The van der Waals surface area contributed by atoms with Gasteiger partial charge in [0.15, 0.2) is 0 Å². The Morgan fingerprint density at radius 3 is 2.42 bits per heavy atom. The van der Waals surface area contributed by atoms with Gasteiger partial charge in [0.2, 0.25) is 5.95 Å². The number of hydrogen-bond acceptors (Lipinski definition) is 8. The number of alkyl halides is 3. The van der Waals surface area contributed by atoms with Crippen LogP contribution in [0, 0.1) is 0 Å². The number of nitrogens with one attached hydrogen (secondary N) is 1. The Hall–Kier alpha value is -3.13. The molecule has 1 N–H and O–H groups in total. The molecule has 10 nitrogen and oxygen atoms in total. The molecule has 0 aliphatic carbocycles. The second kappa shape index (κ2) is 9.02. The summed E-state index contributed by atoms with van der Waals surface area (Å²) in [5.41, 5.74) is -0.0926. The minimum Gasteiger partial charge on any atom is -0.406 e. The summed E-state index contributed by atoms with van der Waals surface area (Å²) in [5, 5.41) is 2.40. The number of sulfonamides is 1. The number of amides is 2. The quantitative estimate of drug-likeness (QED) is 0.662. The number of halogens is 3. The van der Waals surface area contributed by atoms with E-state index in [0.717, 1.165) is 31.3 Å². The first-order valence-electron chi connectivity index (χ1n) is 10.1. The lowest BCUT2D eigenvalue weighted by molar-refractivity contribution is -0.274. The van der Waals surface area contributed by atoms with E-state index >= 15 is 0 Å². The molecule has 1 aromatic carbocycles. The molecule has 0 atom stereocenters. The molecule has 2 aromatic rings. The summed E-state index contributed by atoms with van der Waals surface area (Å²) in [7, 11) is -4.33. The lowest BCUT2D eigenvalue weighted by Gasteiger charge is -2.35. The minimum absolute atomic E-state index is 0.0926. The number of carbonyl (C=O) groups is 1. The summed E-state index contributed by atoms with van der Waals surface area (Å²) in [6.07, 6.45) is -1.25. The molecule has 4 rings (SSSR count). The molecule has 3 heterocycles. The zero-order valence-electron chi connectivity index (χ0n) is 17.3. The van der Waals surface area contributed by atoms with Crippen molar-refractivity contribution in [3.05, 3.63) is 36.7 Å². The van der Waals surface area contributed by atoms with Crippen LogP contribution in [0.1, 0.15) is 6.42 Å². The van der Waals surface area contributed by atoms with E-state index in [0.29, 0.717) is 36.3 Å². The molecule has 0 bridgehead atoms. The number of hydrogen-bond donors (Lipinski definition) is 1. The molecule has 33 heavy (non-hydrogen) atoms. The van der Waals surface area contributed by atoms with Gasteiger partial charge < -0.3 is 15.0 Å². The fraction of sp³-hybridized carbons (Fsp3) is 0.421. The second-order valence-electron chi connectivity index (χ2n) is 7.44. The molecule has 0 radical (unpaired) electrons. The zero-order chi connectivity index (χ0) is 23.6. The van der Waals surface area contributed by atoms with E-state index in [9.17, 15) is 26.4 Å². The van der Waals surface area contributed by atoms with Gasteiger partial charge in [0.1, 0.15) is 10.6 Å². The lowest BCUT2D eigenvalue weighted by atomic mass is 10.3. The molecule has 2 amide bonds. The molecule has 2 aliphatic rings. The number of fused-ring (bicyclic) bond motifs is 1. The molecule has 0 saturated carbocycles. The topological polar surface area (TPSA) is 108 Å². The van der Waals surface area contributed by atoms with E-state index in [2.05, 4.69) is 29.8 Å². The normalized spacial score (nSPS) is 18.6. The van der Waals surface area contributed by atoms with Gasteiger partial charge in [-0.3, -0.25) is 4.90 Å². The Balaban J connectivity index is 1.35. The van der Waals surface area contributed by atoms with Crippen molar-refractivity contribution in [1.29, 1.82) is 0 Å². The van der Waals surface area contributed by atoms with Crippen LogP contribution in [0.3, 0.4) is 0 Å². The molecular weight excluding hydrogens is 465 g/mol. The van der Waals surface area contributed by atoms with Gasteiger partial charge >= 0.3 is 12.4 Å². The van der Waals surface area contributed by atoms with Crippen LogP contribution in [0.4, 0.5) is 29.6 Å². The van der Waals surface area contributed by atoms with Crippen molar-refractivity contribution >= 4 is 27.7 Å². The van der Waals surface area contributed by atoms with Gasteiger partial charge in [-0.2, -0.15) is 0 Å². The number of rotatable bonds is 6. The van der Waals surface area contributed by atoms with Crippen molar-refractivity contribution < 1.29 is 31.1 Å². The molecule has 1 saturated heterocycles.